The zero-order valence-electron chi connectivity index (χ0n) is 12.3. The molecule has 0 amide bonds. The second-order valence-electron chi connectivity index (χ2n) is 5.21. The highest BCUT2D eigenvalue weighted by molar-refractivity contribution is 5.49. The molecule has 2 heterocycles. The van der Waals surface area contributed by atoms with Crippen molar-refractivity contribution in [3.05, 3.63) is 47.9 Å². The van der Waals surface area contributed by atoms with Crippen molar-refractivity contribution in [3.8, 4) is 11.5 Å². The highest BCUT2D eigenvalue weighted by Gasteiger charge is 2.22. The number of fused-ring (bicyclic) bond motifs is 1. The molecule has 21 heavy (non-hydrogen) atoms. The van der Waals surface area contributed by atoms with Gasteiger partial charge in [0.2, 0.25) is 0 Å². The van der Waals surface area contributed by atoms with Crippen LogP contribution in [0.4, 0.5) is 0 Å². The van der Waals surface area contributed by atoms with Crippen LogP contribution in [0, 0.1) is 0 Å². The van der Waals surface area contributed by atoms with Crippen molar-refractivity contribution in [2.24, 2.45) is 0 Å². The fourth-order valence-corrected chi connectivity index (χ4v) is 2.63. The fourth-order valence-electron chi connectivity index (χ4n) is 2.63. The Morgan fingerprint density at radius 2 is 2.10 bits per heavy atom. The van der Waals surface area contributed by atoms with Gasteiger partial charge in [0.1, 0.15) is 13.2 Å². The fraction of sp³-hybridized carbons (Fsp3) is 0.412. The van der Waals surface area contributed by atoms with Gasteiger partial charge in [0.25, 0.3) is 0 Å². The van der Waals surface area contributed by atoms with Crippen molar-refractivity contribution in [3.63, 3.8) is 0 Å². The van der Waals surface area contributed by atoms with Crippen LogP contribution in [0.25, 0.3) is 0 Å². The van der Waals surface area contributed by atoms with Gasteiger partial charge < -0.3 is 19.2 Å². The number of rotatable bonds is 6. The van der Waals surface area contributed by atoms with E-state index in [0.29, 0.717) is 13.2 Å². The van der Waals surface area contributed by atoms with Crippen LogP contribution in [0.1, 0.15) is 30.5 Å². The van der Waals surface area contributed by atoms with Crippen LogP contribution in [0.15, 0.2) is 41.2 Å². The molecule has 1 aliphatic rings. The molecule has 0 spiro atoms. The molecule has 0 saturated heterocycles. The first-order valence-electron chi connectivity index (χ1n) is 7.51. The highest BCUT2D eigenvalue weighted by Crippen LogP contribution is 2.37. The van der Waals surface area contributed by atoms with Gasteiger partial charge >= 0.3 is 0 Å². The summed E-state index contributed by atoms with van der Waals surface area (Å²) in [6.07, 6.45) is 5.48. The van der Waals surface area contributed by atoms with Crippen molar-refractivity contribution in [2.45, 2.75) is 25.8 Å². The summed E-state index contributed by atoms with van der Waals surface area (Å²) in [6.45, 7) is 4.36. The number of furan rings is 1. The third-order valence-corrected chi connectivity index (χ3v) is 3.63. The van der Waals surface area contributed by atoms with Gasteiger partial charge in [-0.25, -0.2) is 0 Å². The van der Waals surface area contributed by atoms with E-state index in [4.69, 9.17) is 13.9 Å². The average Bonchev–Trinajstić information content (AvgIpc) is 3.04. The number of benzene rings is 1. The van der Waals surface area contributed by atoms with Crippen LogP contribution < -0.4 is 14.8 Å². The topological polar surface area (TPSA) is 43.6 Å². The molecule has 2 aromatic rings. The zero-order chi connectivity index (χ0) is 14.5. The maximum Gasteiger partial charge on any atom is 0.166 e. The minimum absolute atomic E-state index is 0.194. The Hall–Kier alpha value is -1.94. The molecule has 4 nitrogen and oxygen atoms in total. The smallest absolute Gasteiger partial charge is 0.166 e. The summed E-state index contributed by atoms with van der Waals surface area (Å²) >= 11 is 0. The van der Waals surface area contributed by atoms with E-state index in [0.717, 1.165) is 36.4 Å². The lowest BCUT2D eigenvalue weighted by molar-refractivity contribution is 0.168. The number of hydrogen-bond acceptors (Lipinski definition) is 4. The minimum Gasteiger partial charge on any atom is -0.486 e. The van der Waals surface area contributed by atoms with Gasteiger partial charge in [0, 0.05) is 11.6 Å². The second-order valence-corrected chi connectivity index (χ2v) is 5.21. The van der Waals surface area contributed by atoms with Crippen LogP contribution in [0.5, 0.6) is 11.5 Å². The summed E-state index contributed by atoms with van der Waals surface area (Å²) in [5.74, 6) is 1.72. The van der Waals surface area contributed by atoms with E-state index in [9.17, 15) is 0 Å². The summed E-state index contributed by atoms with van der Waals surface area (Å²) in [6, 6.07) is 8.30. The van der Waals surface area contributed by atoms with Crippen molar-refractivity contribution < 1.29 is 13.9 Å². The summed E-state index contributed by atoms with van der Waals surface area (Å²) in [5.41, 5.74) is 2.33. The number of ether oxygens (including phenoxy) is 2. The molecular weight excluding hydrogens is 266 g/mol. The quantitative estimate of drug-likeness (QED) is 0.885. The van der Waals surface area contributed by atoms with Gasteiger partial charge in [-0.3, -0.25) is 0 Å². The lowest BCUT2D eigenvalue weighted by atomic mass is 9.98. The molecule has 112 valence electrons. The van der Waals surface area contributed by atoms with E-state index in [-0.39, 0.29) is 6.04 Å². The molecule has 0 aliphatic carbocycles. The molecule has 1 aromatic carbocycles. The van der Waals surface area contributed by atoms with Gasteiger partial charge in [-0.15, -0.1) is 0 Å². The van der Waals surface area contributed by atoms with Crippen LogP contribution in [-0.4, -0.2) is 19.8 Å². The number of nitrogens with one attached hydrogen (secondary N) is 1. The molecule has 4 heteroatoms. The lowest BCUT2D eigenvalue weighted by Crippen LogP contribution is -2.26. The summed E-state index contributed by atoms with van der Waals surface area (Å²) < 4.78 is 16.7. The molecule has 3 rings (SSSR count). The monoisotopic (exact) mass is 287 g/mol. The van der Waals surface area contributed by atoms with Gasteiger partial charge in [-0.1, -0.05) is 19.1 Å². The predicted octanol–water partition coefficient (Wildman–Crippen LogP) is 3.33. The normalized spacial score (nSPS) is 14.9. The number of para-hydroxylation sites is 1. The van der Waals surface area contributed by atoms with Crippen molar-refractivity contribution in [2.75, 3.05) is 19.8 Å². The second kappa shape index (κ2) is 6.68. The first-order chi connectivity index (χ1) is 10.4. The van der Waals surface area contributed by atoms with E-state index >= 15 is 0 Å². The third kappa shape index (κ3) is 3.22. The first kappa shape index (κ1) is 14.0. The lowest BCUT2D eigenvalue weighted by Gasteiger charge is -2.26. The van der Waals surface area contributed by atoms with E-state index in [2.05, 4.69) is 18.3 Å². The molecule has 0 bridgehead atoms. The molecule has 0 radical (unpaired) electrons. The van der Waals surface area contributed by atoms with Gasteiger partial charge in [0.05, 0.1) is 12.5 Å². The van der Waals surface area contributed by atoms with Gasteiger partial charge in [0.15, 0.2) is 11.5 Å². The molecule has 1 aromatic heterocycles. The molecule has 0 fully saturated rings. The van der Waals surface area contributed by atoms with Crippen LogP contribution in [0.2, 0.25) is 0 Å². The Bertz CT molecular complexity index is 565. The summed E-state index contributed by atoms with van der Waals surface area (Å²) in [7, 11) is 0. The van der Waals surface area contributed by atoms with Crippen molar-refractivity contribution in [1.29, 1.82) is 0 Å². The molecule has 0 saturated carbocycles. The predicted molar refractivity (Wildman–Crippen MR) is 80.9 cm³/mol. The first-order valence-corrected chi connectivity index (χ1v) is 7.51. The van der Waals surface area contributed by atoms with E-state index in [1.807, 2.05) is 18.2 Å². The molecule has 1 aliphatic heterocycles. The Morgan fingerprint density at radius 3 is 2.90 bits per heavy atom. The summed E-state index contributed by atoms with van der Waals surface area (Å²) in [5, 5.41) is 3.60. The largest absolute Gasteiger partial charge is 0.486 e. The zero-order valence-corrected chi connectivity index (χ0v) is 12.3. The Kier molecular flexibility index (Phi) is 4.46. The average molecular weight is 287 g/mol. The third-order valence-electron chi connectivity index (χ3n) is 3.63. The molecule has 1 atom stereocenters. The SMILES string of the molecule is CCCNC(Cc1ccoc1)c1cccc2c1OCCO2. The van der Waals surface area contributed by atoms with Gasteiger partial charge in [-0.2, -0.15) is 0 Å². The Balaban J connectivity index is 1.88. The van der Waals surface area contributed by atoms with Crippen LogP contribution >= 0.6 is 0 Å². The minimum atomic E-state index is 0.194. The van der Waals surface area contributed by atoms with E-state index < -0.39 is 0 Å². The Morgan fingerprint density at radius 1 is 1.19 bits per heavy atom. The molecule has 1 N–H and O–H groups in total. The highest BCUT2D eigenvalue weighted by atomic mass is 16.6. The maximum absolute atomic E-state index is 5.85. The van der Waals surface area contributed by atoms with Gasteiger partial charge in [-0.05, 0) is 37.1 Å². The van der Waals surface area contributed by atoms with E-state index in [1.54, 1.807) is 12.5 Å². The van der Waals surface area contributed by atoms with Crippen molar-refractivity contribution in [1.82, 2.24) is 5.32 Å². The van der Waals surface area contributed by atoms with Crippen molar-refractivity contribution >= 4 is 0 Å². The Labute approximate surface area is 125 Å². The maximum atomic E-state index is 5.85. The summed E-state index contributed by atoms with van der Waals surface area (Å²) in [4.78, 5) is 0. The molecular formula is C17H21NO3. The van der Waals surface area contributed by atoms with E-state index in [1.165, 1.54) is 5.56 Å². The van der Waals surface area contributed by atoms with Crippen LogP contribution in [0.3, 0.4) is 0 Å². The molecule has 1 unspecified atom stereocenters. The van der Waals surface area contributed by atoms with Crippen LogP contribution in [-0.2, 0) is 6.42 Å². The standard InChI is InChI=1S/C17H21NO3/c1-2-7-18-15(11-13-6-8-19-12-13)14-4-3-5-16-17(14)21-10-9-20-16/h3-6,8,12,15,18H,2,7,9-11H2,1H3. The number of hydrogen-bond donors (Lipinski definition) is 1.